The topological polar surface area (TPSA) is 77.4 Å². The largest absolute Gasteiger partial charge is 0.363 e. The van der Waals surface area contributed by atoms with Crippen LogP contribution in [0.1, 0.15) is 11.3 Å². The fourth-order valence-electron chi connectivity index (χ4n) is 4.36. The highest BCUT2D eigenvalue weighted by molar-refractivity contribution is 5.80. The van der Waals surface area contributed by atoms with Crippen molar-refractivity contribution in [3.63, 3.8) is 0 Å². The van der Waals surface area contributed by atoms with Crippen molar-refractivity contribution in [2.75, 3.05) is 47.8 Å². The molecule has 0 radical (unpaired) electrons. The van der Waals surface area contributed by atoms with Gasteiger partial charge in [-0.2, -0.15) is 0 Å². The minimum Gasteiger partial charge on any atom is -0.363 e. The molecule has 5 rings (SSSR count). The van der Waals surface area contributed by atoms with E-state index in [1.54, 1.807) is 0 Å². The Balaban J connectivity index is 1.65. The van der Waals surface area contributed by atoms with Crippen LogP contribution in [0.5, 0.6) is 0 Å². The second-order valence-corrected chi connectivity index (χ2v) is 9.93. The van der Waals surface area contributed by atoms with Gasteiger partial charge in [-0.15, -0.1) is 0 Å². The van der Waals surface area contributed by atoms with Crippen LogP contribution in [0.3, 0.4) is 0 Å². The monoisotopic (exact) mass is 531 g/mol. The predicted molar refractivity (Wildman–Crippen MR) is 163 cm³/mol. The van der Waals surface area contributed by atoms with Crippen LogP contribution in [0.25, 0.3) is 0 Å². The summed E-state index contributed by atoms with van der Waals surface area (Å²) in [6.07, 6.45) is 9.18. The van der Waals surface area contributed by atoms with E-state index in [4.69, 9.17) is 9.97 Å². The van der Waals surface area contributed by atoms with Crippen LogP contribution in [-0.4, -0.2) is 53.1 Å². The van der Waals surface area contributed by atoms with Crippen molar-refractivity contribution in [1.29, 1.82) is 0 Å². The lowest BCUT2D eigenvalue weighted by Crippen LogP contribution is -2.16. The zero-order chi connectivity index (χ0) is 28.2. The summed E-state index contributed by atoms with van der Waals surface area (Å²) in [7, 11) is 7.91. The van der Waals surface area contributed by atoms with Gasteiger partial charge in [-0.05, 0) is 74.0 Å². The summed E-state index contributed by atoms with van der Waals surface area (Å²) in [5.74, 6) is 3.28. The minimum atomic E-state index is 0.734. The first kappa shape index (κ1) is 26.6. The maximum absolute atomic E-state index is 4.80. The van der Waals surface area contributed by atoms with Crippen molar-refractivity contribution < 1.29 is 0 Å². The first-order valence-corrected chi connectivity index (χ1v) is 13.0. The maximum atomic E-state index is 4.80. The quantitative estimate of drug-likeness (QED) is 0.228. The second kappa shape index (κ2) is 11.4. The molecule has 0 saturated carbocycles. The summed E-state index contributed by atoms with van der Waals surface area (Å²) in [5, 5.41) is 0. The molecule has 0 bridgehead atoms. The van der Waals surface area contributed by atoms with Crippen LogP contribution in [-0.2, 0) is 0 Å². The highest BCUT2D eigenvalue weighted by atomic mass is 15.2. The average Bonchev–Trinajstić information content (AvgIpc) is 2.94. The zero-order valence-corrected chi connectivity index (χ0v) is 23.7. The maximum Gasteiger partial charge on any atom is 0.139 e. The number of hydrogen-bond acceptors (Lipinski definition) is 9. The van der Waals surface area contributed by atoms with Gasteiger partial charge in [0.25, 0.3) is 0 Å². The Hall–Kier alpha value is -5.05. The van der Waals surface area contributed by atoms with E-state index in [9.17, 15) is 0 Å². The van der Waals surface area contributed by atoms with Crippen molar-refractivity contribution >= 4 is 46.0 Å². The molecule has 0 atom stereocenters. The number of aryl methyl sites for hydroxylation is 2. The average molecular weight is 532 g/mol. The first-order chi connectivity index (χ1) is 19.3. The van der Waals surface area contributed by atoms with Crippen molar-refractivity contribution in [1.82, 2.24) is 24.9 Å². The summed E-state index contributed by atoms with van der Waals surface area (Å²) < 4.78 is 0. The van der Waals surface area contributed by atoms with Crippen LogP contribution >= 0.6 is 0 Å². The number of anilines is 8. The third-order valence-electron chi connectivity index (χ3n) is 6.38. The molecule has 0 saturated heterocycles. The normalized spacial score (nSPS) is 10.8. The standard InChI is InChI=1S/C31H33N9/c1-22-11-14-33-30(17-22)40(27-8-10-29(36-21-27)38(5)6)25-13-16-34-31(19-25)39(24-12-15-32-23(2)18-24)26-7-9-28(35-20-26)37(3)4/h7-21H,1-6H3. The molecule has 5 aromatic rings. The van der Waals surface area contributed by atoms with Gasteiger partial charge in [-0.3, -0.25) is 14.8 Å². The molecule has 40 heavy (non-hydrogen) atoms. The highest BCUT2D eigenvalue weighted by Crippen LogP contribution is 2.38. The molecule has 0 fully saturated rings. The Morgan fingerprint density at radius 3 is 1.43 bits per heavy atom. The molecule has 202 valence electrons. The molecule has 0 N–H and O–H groups in total. The van der Waals surface area contributed by atoms with E-state index in [-0.39, 0.29) is 0 Å². The number of pyridine rings is 5. The van der Waals surface area contributed by atoms with Gasteiger partial charge in [-0.25, -0.2) is 19.9 Å². The van der Waals surface area contributed by atoms with E-state index in [1.807, 2.05) is 112 Å². The molecular formula is C31H33N9. The number of rotatable bonds is 8. The van der Waals surface area contributed by atoms with Crippen LogP contribution in [0.4, 0.5) is 46.0 Å². The Morgan fingerprint density at radius 2 is 0.950 bits per heavy atom. The molecule has 0 aliphatic rings. The lowest BCUT2D eigenvalue weighted by Gasteiger charge is -2.28. The van der Waals surface area contributed by atoms with Crippen LogP contribution in [0.15, 0.2) is 91.6 Å². The summed E-state index contributed by atoms with van der Waals surface area (Å²) in [4.78, 5) is 31.4. The lowest BCUT2D eigenvalue weighted by atomic mass is 10.2. The minimum absolute atomic E-state index is 0.734. The van der Waals surface area contributed by atoms with Crippen LogP contribution in [0, 0.1) is 13.8 Å². The van der Waals surface area contributed by atoms with Gasteiger partial charge < -0.3 is 9.80 Å². The summed E-state index contributed by atoms with van der Waals surface area (Å²) in [6.45, 7) is 4.04. The zero-order valence-electron chi connectivity index (χ0n) is 23.7. The van der Waals surface area contributed by atoms with Gasteiger partial charge in [0.05, 0.1) is 35.1 Å². The number of hydrogen-bond donors (Lipinski definition) is 0. The van der Waals surface area contributed by atoms with Gasteiger partial charge in [0.15, 0.2) is 0 Å². The number of aromatic nitrogens is 5. The molecule has 0 spiro atoms. The van der Waals surface area contributed by atoms with E-state index >= 15 is 0 Å². The molecule has 0 amide bonds. The van der Waals surface area contributed by atoms with Gasteiger partial charge in [0.2, 0.25) is 0 Å². The van der Waals surface area contributed by atoms with Gasteiger partial charge in [-0.1, -0.05) is 0 Å². The molecule has 0 aliphatic carbocycles. The Kier molecular flexibility index (Phi) is 7.54. The Morgan fingerprint density at radius 1 is 0.450 bits per heavy atom. The van der Waals surface area contributed by atoms with E-state index in [0.29, 0.717) is 0 Å². The first-order valence-electron chi connectivity index (χ1n) is 13.0. The van der Waals surface area contributed by atoms with Crippen LogP contribution in [0.2, 0.25) is 0 Å². The van der Waals surface area contributed by atoms with E-state index < -0.39 is 0 Å². The Labute approximate surface area is 235 Å². The van der Waals surface area contributed by atoms with Crippen molar-refractivity contribution in [3.8, 4) is 0 Å². The molecule has 5 heterocycles. The third kappa shape index (κ3) is 5.68. The molecule has 0 aromatic carbocycles. The Bertz CT molecular complexity index is 1470. The van der Waals surface area contributed by atoms with Crippen molar-refractivity contribution in [2.45, 2.75) is 13.8 Å². The summed E-state index contributed by atoms with van der Waals surface area (Å²) >= 11 is 0. The van der Waals surface area contributed by atoms with Crippen molar-refractivity contribution in [3.05, 3.63) is 103 Å². The van der Waals surface area contributed by atoms with Gasteiger partial charge in [0.1, 0.15) is 23.3 Å². The second-order valence-electron chi connectivity index (χ2n) is 9.93. The lowest BCUT2D eigenvalue weighted by molar-refractivity contribution is 1.06. The molecule has 5 aromatic heterocycles. The predicted octanol–water partition coefficient (Wildman–Crippen LogP) is 6.35. The molecule has 0 unspecified atom stereocenters. The van der Waals surface area contributed by atoms with E-state index in [1.165, 1.54) is 0 Å². The van der Waals surface area contributed by atoms with Crippen LogP contribution < -0.4 is 19.6 Å². The summed E-state index contributed by atoms with van der Waals surface area (Å²) in [5.41, 5.74) is 5.64. The van der Waals surface area contributed by atoms with E-state index in [0.717, 1.165) is 57.3 Å². The van der Waals surface area contributed by atoms with Gasteiger partial charge >= 0.3 is 0 Å². The van der Waals surface area contributed by atoms with E-state index in [2.05, 4.69) is 55.9 Å². The summed E-state index contributed by atoms with van der Waals surface area (Å²) in [6, 6.07) is 20.2. The molecule has 9 nitrogen and oxygen atoms in total. The SMILES string of the molecule is Cc1ccnc(N(c2ccc(N(C)C)nc2)c2ccnc(N(c3ccc(N(C)C)nc3)c3ccnc(C)c3)c2)c1. The molecule has 0 aliphatic heterocycles. The smallest absolute Gasteiger partial charge is 0.139 e. The third-order valence-corrected chi connectivity index (χ3v) is 6.38. The van der Waals surface area contributed by atoms with Crippen molar-refractivity contribution in [2.24, 2.45) is 0 Å². The van der Waals surface area contributed by atoms with Gasteiger partial charge in [0, 0.05) is 58.5 Å². The number of nitrogens with zero attached hydrogens (tertiary/aromatic N) is 9. The molecule has 9 heteroatoms. The fourth-order valence-corrected chi connectivity index (χ4v) is 4.36. The molecular weight excluding hydrogens is 498 g/mol. The fraction of sp³-hybridized carbons (Fsp3) is 0.194. The highest BCUT2D eigenvalue weighted by Gasteiger charge is 2.20.